The van der Waals surface area contributed by atoms with E-state index in [0.29, 0.717) is 44.0 Å². The van der Waals surface area contributed by atoms with E-state index in [2.05, 4.69) is 0 Å². The van der Waals surface area contributed by atoms with Crippen molar-refractivity contribution >= 4 is 34.6 Å². The lowest BCUT2D eigenvalue weighted by Crippen LogP contribution is -2.42. The van der Waals surface area contributed by atoms with Gasteiger partial charge in [-0.25, -0.2) is 0 Å². The quantitative estimate of drug-likeness (QED) is 0.703. The molecule has 1 aromatic carbocycles. The molecule has 132 valence electrons. The van der Waals surface area contributed by atoms with E-state index >= 15 is 0 Å². The summed E-state index contributed by atoms with van der Waals surface area (Å²) in [6.45, 7) is 1.63. The normalized spacial score (nSPS) is 17.5. The molecule has 1 atom stereocenters. The van der Waals surface area contributed by atoms with Gasteiger partial charge in [-0.05, 0) is 35.6 Å². The predicted molar refractivity (Wildman–Crippen MR) is 99.2 cm³/mol. The van der Waals surface area contributed by atoms with Gasteiger partial charge in [0.05, 0.1) is 18.0 Å². The second-order valence-electron chi connectivity index (χ2n) is 6.01. The first-order valence-corrected chi connectivity index (χ1v) is 9.61. The Morgan fingerprint density at radius 2 is 2.12 bits per heavy atom. The molecule has 1 aliphatic rings. The fourth-order valence-electron chi connectivity index (χ4n) is 2.90. The highest BCUT2D eigenvalue weighted by atomic mass is 35.5. The summed E-state index contributed by atoms with van der Waals surface area (Å²) < 4.78 is 5.79. The number of benzene rings is 1. The molecule has 0 radical (unpaired) electrons. The molecule has 0 spiro atoms. The minimum atomic E-state index is -0.149. The third kappa shape index (κ3) is 4.91. The van der Waals surface area contributed by atoms with Gasteiger partial charge in [0.1, 0.15) is 6.10 Å². The lowest BCUT2D eigenvalue weighted by molar-refractivity contribution is -0.139. The summed E-state index contributed by atoms with van der Waals surface area (Å²) in [6, 6.07) is 11.2. The largest absolute Gasteiger partial charge is 0.370 e. The maximum Gasteiger partial charge on any atom is 0.222 e. The van der Waals surface area contributed by atoms with Crippen LogP contribution in [0.3, 0.4) is 0 Å². The van der Waals surface area contributed by atoms with E-state index in [1.54, 1.807) is 0 Å². The van der Waals surface area contributed by atoms with Crippen molar-refractivity contribution in [2.75, 3.05) is 19.7 Å². The van der Waals surface area contributed by atoms with Gasteiger partial charge < -0.3 is 9.64 Å². The summed E-state index contributed by atoms with van der Waals surface area (Å²) in [6.07, 6.45) is 1.23. The van der Waals surface area contributed by atoms with Crippen molar-refractivity contribution in [3.8, 4) is 0 Å². The zero-order valence-corrected chi connectivity index (χ0v) is 15.4. The maximum atomic E-state index is 12.4. The molecule has 0 bridgehead atoms. The third-order valence-corrected chi connectivity index (χ3v) is 5.38. The summed E-state index contributed by atoms with van der Waals surface area (Å²) in [5, 5.41) is 2.55. The number of rotatable bonds is 6. The highest BCUT2D eigenvalue weighted by Crippen LogP contribution is 2.25. The van der Waals surface area contributed by atoms with E-state index in [-0.39, 0.29) is 17.8 Å². The van der Waals surface area contributed by atoms with Crippen LogP contribution < -0.4 is 0 Å². The van der Waals surface area contributed by atoms with Crippen LogP contribution in [0.2, 0.25) is 5.02 Å². The number of ether oxygens (including phenoxy) is 1. The molecule has 6 heteroatoms. The number of thiophene rings is 1. The zero-order valence-electron chi connectivity index (χ0n) is 13.8. The Morgan fingerprint density at radius 3 is 2.88 bits per heavy atom. The van der Waals surface area contributed by atoms with Gasteiger partial charge in [0.15, 0.2) is 5.78 Å². The molecule has 2 aromatic rings. The number of halogens is 1. The predicted octanol–water partition coefficient (Wildman–Crippen LogP) is 4.35. The van der Waals surface area contributed by atoms with Crippen LogP contribution >= 0.6 is 22.9 Å². The fraction of sp³-hybridized carbons (Fsp3) is 0.368. The van der Waals surface area contributed by atoms with Crippen LogP contribution in [0.15, 0.2) is 41.8 Å². The minimum Gasteiger partial charge on any atom is -0.370 e. The van der Waals surface area contributed by atoms with E-state index in [1.165, 1.54) is 11.3 Å². The van der Waals surface area contributed by atoms with Crippen LogP contribution in [-0.4, -0.2) is 36.3 Å². The lowest BCUT2D eigenvalue weighted by atomic mass is 10.1. The van der Waals surface area contributed by atoms with E-state index < -0.39 is 0 Å². The Balaban J connectivity index is 1.49. The average Bonchev–Trinajstić information content (AvgIpc) is 3.16. The summed E-state index contributed by atoms with van der Waals surface area (Å²) in [4.78, 5) is 27.0. The van der Waals surface area contributed by atoms with Gasteiger partial charge in [0, 0.05) is 24.4 Å². The van der Waals surface area contributed by atoms with E-state index in [1.807, 2.05) is 46.7 Å². The SMILES string of the molecule is O=C(CCCC(=O)N1CCOC(c2cccc(Cl)c2)C1)c1cccs1. The first-order valence-electron chi connectivity index (χ1n) is 8.35. The maximum absolute atomic E-state index is 12.4. The van der Waals surface area contributed by atoms with Crippen LogP contribution in [-0.2, 0) is 9.53 Å². The molecular weight excluding hydrogens is 358 g/mol. The van der Waals surface area contributed by atoms with Gasteiger partial charge in [-0.3, -0.25) is 9.59 Å². The van der Waals surface area contributed by atoms with E-state index in [4.69, 9.17) is 16.3 Å². The number of carbonyl (C=O) groups is 2. The van der Waals surface area contributed by atoms with Gasteiger partial charge in [0.2, 0.25) is 5.91 Å². The smallest absolute Gasteiger partial charge is 0.222 e. The van der Waals surface area contributed by atoms with Crippen LogP contribution in [0.4, 0.5) is 0 Å². The molecule has 0 N–H and O–H groups in total. The molecule has 25 heavy (non-hydrogen) atoms. The number of carbonyl (C=O) groups excluding carboxylic acids is 2. The number of amides is 1. The molecule has 1 aliphatic heterocycles. The van der Waals surface area contributed by atoms with Crippen LogP contribution in [0.1, 0.15) is 40.6 Å². The Morgan fingerprint density at radius 1 is 1.24 bits per heavy atom. The highest BCUT2D eigenvalue weighted by Gasteiger charge is 2.25. The van der Waals surface area contributed by atoms with Crippen molar-refractivity contribution < 1.29 is 14.3 Å². The second-order valence-corrected chi connectivity index (χ2v) is 7.39. The monoisotopic (exact) mass is 377 g/mol. The molecule has 1 aromatic heterocycles. The summed E-state index contributed by atoms with van der Waals surface area (Å²) in [5.74, 6) is 0.191. The Labute approximate surface area is 156 Å². The molecule has 0 saturated carbocycles. The summed E-state index contributed by atoms with van der Waals surface area (Å²) in [7, 11) is 0. The second kappa shape index (κ2) is 8.61. The van der Waals surface area contributed by atoms with Crippen molar-refractivity contribution in [3.63, 3.8) is 0 Å². The standard InChI is InChI=1S/C19H20ClNO3S/c20-15-5-1-4-14(12-15)17-13-21(9-10-24-17)19(23)8-2-6-16(22)18-7-3-11-25-18/h1,3-5,7,11-12,17H,2,6,8-10,13H2. The summed E-state index contributed by atoms with van der Waals surface area (Å²) >= 11 is 7.48. The number of Topliss-reactive ketones (excluding diaryl/α,β-unsaturated/α-hetero) is 1. The molecule has 1 amide bonds. The first kappa shape index (κ1) is 18.1. The highest BCUT2D eigenvalue weighted by molar-refractivity contribution is 7.12. The van der Waals surface area contributed by atoms with Crippen LogP contribution in [0, 0.1) is 0 Å². The molecule has 1 unspecified atom stereocenters. The molecule has 1 fully saturated rings. The van der Waals surface area contributed by atoms with Crippen LogP contribution in [0.25, 0.3) is 0 Å². The Hall–Kier alpha value is -1.69. The Kier molecular flexibility index (Phi) is 6.24. The number of ketones is 1. The lowest BCUT2D eigenvalue weighted by Gasteiger charge is -2.33. The number of hydrogen-bond donors (Lipinski definition) is 0. The molecular formula is C19H20ClNO3S. The number of nitrogens with zero attached hydrogens (tertiary/aromatic N) is 1. The molecule has 4 nitrogen and oxygen atoms in total. The van der Waals surface area contributed by atoms with Gasteiger partial charge in [-0.1, -0.05) is 29.8 Å². The third-order valence-electron chi connectivity index (χ3n) is 4.23. The first-order chi connectivity index (χ1) is 12.1. The van der Waals surface area contributed by atoms with Crippen molar-refractivity contribution in [3.05, 3.63) is 57.2 Å². The van der Waals surface area contributed by atoms with Gasteiger partial charge in [0.25, 0.3) is 0 Å². The van der Waals surface area contributed by atoms with Crippen molar-refractivity contribution in [1.82, 2.24) is 4.90 Å². The van der Waals surface area contributed by atoms with E-state index in [9.17, 15) is 9.59 Å². The van der Waals surface area contributed by atoms with Gasteiger partial charge in [-0.15, -0.1) is 11.3 Å². The van der Waals surface area contributed by atoms with Gasteiger partial charge >= 0.3 is 0 Å². The van der Waals surface area contributed by atoms with Crippen molar-refractivity contribution in [2.45, 2.75) is 25.4 Å². The summed E-state index contributed by atoms with van der Waals surface area (Å²) in [5.41, 5.74) is 0.984. The van der Waals surface area contributed by atoms with Crippen molar-refractivity contribution in [2.24, 2.45) is 0 Å². The number of hydrogen-bond acceptors (Lipinski definition) is 4. The molecule has 2 heterocycles. The molecule has 1 saturated heterocycles. The van der Waals surface area contributed by atoms with Gasteiger partial charge in [-0.2, -0.15) is 0 Å². The van der Waals surface area contributed by atoms with E-state index in [0.717, 1.165) is 10.4 Å². The molecule has 0 aliphatic carbocycles. The zero-order chi connectivity index (χ0) is 17.6. The average molecular weight is 378 g/mol. The van der Waals surface area contributed by atoms with Crippen LogP contribution in [0.5, 0.6) is 0 Å². The topological polar surface area (TPSA) is 46.6 Å². The fourth-order valence-corrected chi connectivity index (χ4v) is 3.80. The molecule has 3 rings (SSSR count). The van der Waals surface area contributed by atoms with Crippen molar-refractivity contribution in [1.29, 1.82) is 0 Å². The minimum absolute atomic E-state index is 0.0781. The number of morpholine rings is 1. The Bertz CT molecular complexity index is 732.